The van der Waals surface area contributed by atoms with Crippen molar-refractivity contribution in [2.24, 2.45) is 23.5 Å². The summed E-state index contributed by atoms with van der Waals surface area (Å²) in [6.07, 6.45) is 4.85. The van der Waals surface area contributed by atoms with Gasteiger partial charge in [0, 0.05) is 95.9 Å². The van der Waals surface area contributed by atoms with E-state index in [1.165, 1.54) is 56.2 Å². The molecule has 0 unspecified atom stereocenters. The molecule has 5 aromatic rings. The maximum absolute atomic E-state index is 15.6. The molecular formula is C93H126N20O23. The summed E-state index contributed by atoms with van der Waals surface area (Å²) in [6.45, 7) is 7.09. The minimum atomic E-state index is -1.72. The van der Waals surface area contributed by atoms with Crippen LogP contribution in [0.1, 0.15) is 139 Å². The van der Waals surface area contributed by atoms with Crippen LogP contribution in [0.25, 0.3) is 21.8 Å². The van der Waals surface area contributed by atoms with E-state index in [9.17, 15) is 77.0 Å². The fourth-order valence-corrected chi connectivity index (χ4v) is 15.9. The second kappa shape index (κ2) is 51.6. The van der Waals surface area contributed by atoms with Crippen molar-refractivity contribution in [1.29, 1.82) is 0 Å². The van der Waals surface area contributed by atoms with E-state index in [0.717, 1.165) is 24.5 Å². The Morgan fingerprint density at radius 1 is 0.551 bits per heavy atom. The standard InChI is InChI=1S/C93H126N20O23/c1-11-56(5)81-89(128)96-48-65(104-87(126)79-69(114)46-59-22-13-15-24-62(59)101-79)91(130)111-37-19-17-27-67(111)84(123)98-50-74(118)108(8)53-77(121)110(10)82(57(6)12-2)90(129)97-49-66(92(131)112-38-20-18-28-68(112)85(124)99-51-75(119)107(7)52-76(120)109(81)9)105-88(127)80-70(47-60-23-14-16-25-63(60)102-80)136-54-58-29-31-61(32-30-58)100-83(122)64(26-21-36-95-93(94)132)103-86(125)78(55(3)4)106-71(115)35-40-133-42-44-135-45-43-134-41-39-113-72(116)33-34-73(113)117/h13-16,22-25,29-34,46-47,55-57,64-68,78,81-82,114H,11-12,17-21,26-28,35-45,48-54H2,1-10H3,(H,96,128)(H,97,129)(H,98,123)(H,99,124)(H,100,122)(H,103,125)(H,104,126)(H,105,127)(H,106,115)(H3,94,95,132)/t56-,57-,64-,65+,66+,67-,68-,78-,81-,82-/m0/s1. The molecule has 0 radical (unpaired) electrons. The fraction of sp³-hybridized carbons (Fsp3) is 0.527. The van der Waals surface area contributed by atoms with Gasteiger partial charge in [-0.1, -0.05) is 103 Å². The summed E-state index contributed by atoms with van der Waals surface area (Å²) >= 11 is 0. The third-order valence-corrected chi connectivity index (χ3v) is 24.2. The molecule has 0 aliphatic carbocycles. The minimum absolute atomic E-state index is 0.0102. The number of anilines is 1. The Kier molecular flexibility index (Phi) is 40.1. The lowest BCUT2D eigenvalue weighted by molar-refractivity contribution is -0.146. The van der Waals surface area contributed by atoms with E-state index in [-0.39, 0.29) is 122 Å². The number of hydrogen-bond acceptors (Lipinski definition) is 25. The van der Waals surface area contributed by atoms with Gasteiger partial charge in [-0.05, 0) is 111 Å². The van der Waals surface area contributed by atoms with Crippen molar-refractivity contribution in [3.8, 4) is 11.5 Å². The number of pyridine rings is 2. The Morgan fingerprint density at radius 3 is 1.53 bits per heavy atom. The lowest BCUT2D eigenvalue weighted by Crippen LogP contribution is -2.61. The van der Waals surface area contributed by atoms with Gasteiger partial charge in [-0.2, -0.15) is 0 Å². The van der Waals surface area contributed by atoms with E-state index in [1.54, 1.807) is 120 Å². The Balaban J connectivity index is 0.910. The number of primary amides is 1. The van der Waals surface area contributed by atoms with Crippen molar-refractivity contribution in [2.45, 2.75) is 167 Å². The second-order valence-electron chi connectivity index (χ2n) is 34.3. The molecule has 43 heteroatoms. The van der Waals surface area contributed by atoms with Crippen LogP contribution in [0.2, 0.25) is 0 Å². The first kappa shape index (κ1) is 106. The van der Waals surface area contributed by atoms with Crippen LogP contribution in [-0.2, 0) is 92.7 Å². The van der Waals surface area contributed by atoms with Gasteiger partial charge in [-0.25, -0.2) is 14.8 Å². The van der Waals surface area contributed by atoms with E-state index >= 15 is 14.4 Å². The summed E-state index contributed by atoms with van der Waals surface area (Å²) in [4.78, 5) is 269. The zero-order valence-corrected chi connectivity index (χ0v) is 78.4. The number of nitrogens with one attached hydrogen (secondary N) is 10. The van der Waals surface area contributed by atoms with Crippen LogP contribution in [0.3, 0.4) is 0 Å². The maximum atomic E-state index is 15.6. The first-order chi connectivity index (χ1) is 65.0. The number of rotatable bonds is 33. The Morgan fingerprint density at radius 2 is 1.03 bits per heavy atom. The molecule has 2 aromatic heterocycles. The number of nitrogens with zero attached hydrogens (tertiary/aromatic N) is 9. The highest BCUT2D eigenvalue weighted by Crippen LogP contribution is 2.29. The first-order valence-corrected chi connectivity index (χ1v) is 45.7. The molecule has 6 heterocycles. The zero-order chi connectivity index (χ0) is 99.0. The normalized spacial score (nSPS) is 20.2. The molecule has 13 N–H and O–H groups in total. The van der Waals surface area contributed by atoms with Gasteiger partial charge in [-0.3, -0.25) is 86.4 Å². The largest absolute Gasteiger partial charge is 0.505 e. The van der Waals surface area contributed by atoms with Crippen LogP contribution in [0.15, 0.2) is 97.1 Å². The highest BCUT2D eigenvalue weighted by molar-refractivity contribution is 6.13. The van der Waals surface area contributed by atoms with Gasteiger partial charge in [0.1, 0.15) is 60.7 Å². The predicted octanol–water partition coefficient (Wildman–Crippen LogP) is 0.246. The average molecular weight is 1890 g/mol. The topological polar surface area (TPSA) is 559 Å². The molecule has 19 amide bonds. The SMILES string of the molecule is CC[C@H](C)[C@H]1C(=O)NC[C@@H](NC(=O)c2nc3ccccc3cc2OCc2ccc(NC(=O)[C@H](CCCNC(N)=O)NC(=O)[C@@H](NC(=O)CCOCCOCCOCCN3C(=O)C=CC3=O)C(C)C)cc2)C(=O)N2CCCC[C@H]2C(=O)NCC(=O)N(C)CC(=O)N(C)[C@@H]([C@@H](C)CC)C(=O)NC[C@@H](NC(=O)c2nc3ccccc3cc2O)C(=O)N2CCCC[C@H]2C(=O)NCC(=O)N(C)CC(=O)N1C. The highest BCUT2D eigenvalue weighted by atomic mass is 16.5. The minimum Gasteiger partial charge on any atom is -0.505 e. The van der Waals surface area contributed by atoms with E-state index in [0.29, 0.717) is 65.9 Å². The lowest BCUT2D eigenvalue weighted by Gasteiger charge is -2.38. The van der Waals surface area contributed by atoms with Crippen molar-refractivity contribution in [1.82, 2.24) is 92.1 Å². The average Bonchev–Trinajstić information content (AvgIpc) is 0.866. The molecule has 3 aromatic carbocycles. The maximum Gasteiger partial charge on any atom is 0.312 e. The van der Waals surface area contributed by atoms with Gasteiger partial charge in [0.15, 0.2) is 17.1 Å². The first-order valence-electron chi connectivity index (χ1n) is 45.7. The smallest absolute Gasteiger partial charge is 0.312 e. The summed E-state index contributed by atoms with van der Waals surface area (Å²) < 4.78 is 22.9. The Bertz CT molecular complexity index is 5180. The predicted molar refractivity (Wildman–Crippen MR) is 494 cm³/mol. The molecule has 4 aliphatic rings. The molecule has 9 rings (SSSR count). The summed E-state index contributed by atoms with van der Waals surface area (Å²) in [6, 6.07) is 11.0. The molecule has 4 aliphatic heterocycles. The van der Waals surface area contributed by atoms with Gasteiger partial charge < -0.3 is 112 Å². The van der Waals surface area contributed by atoms with Gasteiger partial charge >= 0.3 is 6.03 Å². The zero-order valence-electron chi connectivity index (χ0n) is 78.4. The van der Waals surface area contributed by atoms with E-state index in [2.05, 4.69) is 58.2 Å². The summed E-state index contributed by atoms with van der Waals surface area (Å²) in [7, 11) is 5.28. The molecule has 10 atom stereocenters. The van der Waals surface area contributed by atoms with Crippen LogP contribution >= 0.6 is 0 Å². The molecule has 0 saturated carbocycles. The number of aromatic hydroxyl groups is 1. The number of hydrogen-bond donors (Lipinski definition) is 12. The number of aromatic nitrogens is 2. The quantitative estimate of drug-likeness (QED) is 0.0198. The van der Waals surface area contributed by atoms with Crippen molar-refractivity contribution in [3.05, 3.63) is 114 Å². The molecule has 0 spiro atoms. The van der Waals surface area contributed by atoms with Crippen molar-refractivity contribution in [3.63, 3.8) is 0 Å². The monoisotopic (exact) mass is 1890 g/mol. The van der Waals surface area contributed by atoms with Crippen LogP contribution in [0.4, 0.5) is 10.5 Å². The Hall–Kier alpha value is -13.8. The number of benzene rings is 3. The van der Waals surface area contributed by atoms with E-state index in [1.807, 2.05) is 0 Å². The van der Waals surface area contributed by atoms with Crippen molar-refractivity contribution < 1.29 is 110 Å². The summed E-state index contributed by atoms with van der Waals surface area (Å²) in [5, 5.41) is 38.9. The van der Waals surface area contributed by atoms with Crippen molar-refractivity contribution >= 4 is 134 Å². The van der Waals surface area contributed by atoms with E-state index in [4.69, 9.17) is 29.7 Å². The number of amides is 19. The molecule has 736 valence electrons. The molecule has 3 fully saturated rings. The van der Waals surface area contributed by atoms with Gasteiger partial charge in [0.25, 0.3) is 23.6 Å². The number of nitrogens with two attached hydrogens (primary N) is 1. The fourth-order valence-electron chi connectivity index (χ4n) is 15.9. The number of fused-ring (bicyclic) bond motifs is 4. The van der Waals surface area contributed by atoms with Gasteiger partial charge in [0.05, 0.1) is 83.4 Å². The molecule has 43 nitrogen and oxygen atoms in total. The number of para-hydroxylation sites is 2. The molecule has 136 heavy (non-hydrogen) atoms. The number of carbonyl (C=O) groups is 18. The number of ether oxygens (including phenoxy) is 4. The summed E-state index contributed by atoms with van der Waals surface area (Å²) in [5.74, 6) is -14.8. The second-order valence-corrected chi connectivity index (χ2v) is 34.3. The third-order valence-electron chi connectivity index (χ3n) is 24.2. The van der Waals surface area contributed by atoms with Gasteiger partial charge in [-0.15, -0.1) is 0 Å². The van der Waals surface area contributed by atoms with Crippen molar-refractivity contribution in [2.75, 3.05) is 139 Å². The number of urea groups is 1. The Labute approximate surface area is 787 Å². The number of carbonyl (C=O) groups excluding carboxylic acids is 18. The molecule has 3 saturated heterocycles. The number of imide groups is 1. The van der Waals surface area contributed by atoms with Crippen LogP contribution in [0, 0.1) is 17.8 Å². The lowest BCUT2D eigenvalue weighted by atomic mass is 9.96. The molecule has 0 bridgehead atoms. The van der Waals surface area contributed by atoms with Crippen LogP contribution < -0.4 is 63.6 Å². The van der Waals surface area contributed by atoms with Gasteiger partial charge in [0.2, 0.25) is 76.8 Å². The number of piperidine rings is 2. The third kappa shape index (κ3) is 29.8. The van der Waals surface area contributed by atoms with E-state index < -0.39 is 223 Å². The molecular weight excluding hydrogens is 1770 g/mol. The summed E-state index contributed by atoms with van der Waals surface area (Å²) in [5.41, 5.74) is 5.93. The van der Waals surface area contributed by atoms with Crippen LogP contribution in [0.5, 0.6) is 11.5 Å². The highest BCUT2D eigenvalue weighted by Gasteiger charge is 2.43. The van der Waals surface area contributed by atoms with Crippen LogP contribution in [-0.4, -0.2) is 337 Å². The number of likely N-dealkylation sites (N-methyl/N-ethyl adjacent to an activating group) is 4.